The molecule has 2 saturated carbocycles. The summed E-state index contributed by atoms with van der Waals surface area (Å²) in [6, 6.07) is 0.0286. The van der Waals surface area contributed by atoms with Crippen LogP contribution in [0.5, 0.6) is 0 Å². The lowest BCUT2D eigenvalue weighted by Crippen LogP contribution is -2.36. The normalized spacial score (nSPS) is 42.4. The topological polar surface area (TPSA) is 52.3 Å². The number of ether oxygens (including phenoxy) is 1. The maximum Gasteiger partial charge on any atom is 0.310 e. The first-order valence-electron chi connectivity index (χ1n) is 7.02. The van der Waals surface area contributed by atoms with Crippen LogP contribution in [0.25, 0.3) is 0 Å². The molecule has 98 valence electrons. The van der Waals surface area contributed by atoms with E-state index in [0.29, 0.717) is 11.8 Å². The third-order valence-corrected chi connectivity index (χ3v) is 4.29. The minimum atomic E-state index is -0.0405. The fourth-order valence-electron chi connectivity index (χ4n) is 3.50. The summed E-state index contributed by atoms with van der Waals surface area (Å²) in [6.07, 6.45) is 6.40. The SMILES string of the molecule is CC1CC(C)CC(OC(=O)C2CCCC2N)C1. The number of esters is 1. The lowest BCUT2D eigenvalue weighted by molar-refractivity contribution is -0.157. The van der Waals surface area contributed by atoms with Gasteiger partial charge >= 0.3 is 5.97 Å². The minimum absolute atomic E-state index is 0.0286. The molecule has 3 nitrogen and oxygen atoms in total. The Kier molecular flexibility index (Phi) is 4.08. The zero-order valence-electron chi connectivity index (χ0n) is 11.0. The molecule has 0 aromatic heterocycles. The molecule has 0 amide bonds. The van der Waals surface area contributed by atoms with E-state index >= 15 is 0 Å². The summed E-state index contributed by atoms with van der Waals surface area (Å²) < 4.78 is 5.67. The van der Waals surface area contributed by atoms with E-state index in [1.54, 1.807) is 0 Å². The Morgan fingerprint density at radius 3 is 2.29 bits per heavy atom. The molecule has 17 heavy (non-hydrogen) atoms. The quantitative estimate of drug-likeness (QED) is 0.753. The molecule has 0 radical (unpaired) electrons. The second-order valence-corrected chi connectivity index (χ2v) is 6.18. The zero-order valence-corrected chi connectivity index (χ0v) is 11.0. The summed E-state index contributed by atoms with van der Waals surface area (Å²) in [5.74, 6) is 1.27. The summed E-state index contributed by atoms with van der Waals surface area (Å²) in [5.41, 5.74) is 5.94. The van der Waals surface area contributed by atoms with Gasteiger partial charge in [-0.3, -0.25) is 4.79 Å². The van der Waals surface area contributed by atoms with Crippen LogP contribution >= 0.6 is 0 Å². The number of nitrogens with two attached hydrogens (primary N) is 1. The highest BCUT2D eigenvalue weighted by Gasteiger charge is 2.34. The minimum Gasteiger partial charge on any atom is -0.462 e. The first kappa shape index (κ1) is 12.9. The van der Waals surface area contributed by atoms with Gasteiger partial charge in [0.15, 0.2) is 0 Å². The van der Waals surface area contributed by atoms with Crippen molar-refractivity contribution in [1.82, 2.24) is 0 Å². The Balaban J connectivity index is 1.85. The van der Waals surface area contributed by atoms with Crippen molar-refractivity contribution >= 4 is 5.97 Å². The van der Waals surface area contributed by atoms with Crippen LogP contribution in [-0.2, 0) is 9.53 Å². The highest BCUT2D eigenvalue weighted by molar-refractivity contribution is 5.73. The first-order chi connectivity index (χ1) is 8.06. The van der Waals surface area contributed by atoms with Crippen molar-refractivity contribution in [3.63, 3.8) is 0 Å². The molecule has 2 fully saturated rings. The van der Waals surface area contributed by atoms with Gasteiger partial charge in [0.05, 0.1) is 5.92 Å². The molecule has 4 atom stereocenters. The lowest BCUT2D eigenvalue weighted by atomic mass is 9.82. The number of hydrogen-bond donors (Lipinski definition) is 1. The van der Waals surface area contributed by atoms with Crippen LogP contribution in [0, 0.1) is 17.8 Å². The highest BCUT2D eigenvalue weighted by atomic mass is 16.5. The van der Waals surface area contributed by atoms with E-state index in [2.05, 4.69) is 13.8 Å². The largest absolute Gasteiger partial charge is 0.462 e. The molecule has 0 heterocycles. The molecule has 0 aromatic rings. The van der Waals surface area contributed by atoms with E-state index in [9.17, 15) is 4.79 Å². The average molecular weight is 239 g/mol. The smallest absolute Gasteiger partial charge is 0.310 e. The molecule has 2 aliphatic rings. The molecule has 0 bridgehead atoms. The predicted molar refractivity (Wildman–Crippen MR) is 67.4 cm³/mol. The summed E-state index contributed by atoms with van der Waals surface area (Å²) in [4.78, 5) is 12.0. The molecular formula is C14H25NO2. The van der Waals surface area contributed by atoms with Crippen LogP contribution in [0.3, 0.4) is 0 Å². The Morgan fingerprint density at radius 2 is 1.76 bits per heavy atom. The number of carbonyl (C=O) groups is 1. The summed E-state index contributed by atoms with van der Waals surface area (Å²) in [7, 11) is 0. The molecule has 0 aromatic carbocycles. The molecule has 0 spiro atoms. The fraction of sp³-hybridized carbons (Fsp3) is 0.929. The standard InChI is InChI=1S/C14H25NO2/c1-9-6-10(2)8-11(7-9)17-14(16)12-4-3-5-13(12)15/h9-13H,3-8,15H2,1-2H3. The Hall–Kier alpha value is -0.570. The maximum absolute atomic E-state index is 12.0. The van der Waals surface area contributed by atoms with E-state index < -0.39 is 0 Å². The van der Waals surface area contributed by atoms with Gasteiger partial charge in [-0.2, -0.15) is 0 Å². The summed E-state index contributed by atoms with van der Waals surface area (Å²) in [6.45, 7) is 4.50. The Morgan fingerprint density at radius 1 is 1.12 bits per heavy atom. The van der Waals surface area contributed by atoms with Gasteiger partial charge in [0.25, 0.3) is 0 Å². The van der Waals surface area contributed by atoms with Crippen molar-refractivity contribution in [2.45, 2.75) is 64.5 Å². The van der Waals surface area contributed by atoms with Crippen molar-refractivity contribution in [3.05, 3.63) is 0 Å². The molecule has 2 N–H and O–H groups in total. The maximum atomic E-state index is 12.0. The molecule has 2 rings (SSSR count). The average Bonchev–Trinajstić information content (AvgIpc) is 2.62. The van der Waals surface area contributed by atoms with Gasteiger partial charge in [0.1, 0.15) is 6.10 Å². The van der Waals surface area contributed by atoms with E-state index in [1.165, 1.54) is 6.42 Å². The van der Waals surface area contributed by atoms with Crippen LogP contribution in [0.15, 0.2) is 0 Å². The van der Waals surface area contributed by atoms with Crippen LogP contribution in [0.4, 0.5) is 0 Å². The van der Waals surface area contributed by atoms with Crippen molar-refractivity contribution in [2.75, 3.05) is 0 Å². The third kappa shape index (κ3) is 3.21. The van der Waals surface area contributed by atoms with E-state index in [0.717, 1.165) is 32.1 Å². The molecule has 3 heteroatoms. The monoisotopic (exact) mass is 239 g/mol. The van der Waals surface area contributed by atoms with Gasteiger partial charge in [-0.15, -0.1) is 0 Å². The molecule has 2 aliphatic carbocycles. The Labute approximate surface area is 104 Å². The van der Waals surface area contributed by atoms with Gasteiger partial charge in [-0.05, 0) is 43.9 Å². The van der Waals surface area contributed by atoms with Crippen molar-refractivity contribution < 1.29 is 9.53 Å². The van der Waals surface area contributed by atoms with Gasteiger partial charge < -0.3 is 10.5 Å². The molecular weight excluding hydrogens is 214 g/mol. The van der Waals surface area contributed by atoms with Gasteiger partial charge in [-0.1, -0.05) is 20.3 Å². The van der Waals surface area contributed by atoms with Gasteiger partial charge in [0, 0.05) is 6.04 Å². The fourth-order valence-corrected chi connectivity index (χ4v) is 3.50. The second kappa shape index (κ2) is 5.38. The van der Waals surface area contributed by atoms with Crippen molar-refractivity contribution in [1.29, 1.82) is 0 Å². The third-order valence-electron chi connectivity index (χ3n) is 4.29. The summed E-state index contributed by atoms with van der Waals surface area (Å²) >= 11 is 0. The Bertz CT molecular complexity index is 269. The highest BCUT2D eigenvalue weighted by Crippen LogP contribution is 2.32. The summed E-state index contributed by atoms with van der Waals surface area (Å²) in [5, 5.41) is 0. The van der Waals surface area contributed by atoms with Crippen LogP contribution in [0.2, 0.25) is 0 Å². The number of carbonyl (C=O) groups excluding carboxylic acids is 1. The van der Waals surface area contributed by atoms with Crippen molar-refractivity contribution in [2.24, 2.45) is 23.5 Å². The van der Waals surface area contributed by atoms with Gasteiger partial charge in [-0.25, -0.2) is 0 Å². The van der Waals surface area contributed by atoms with Crippen molar-refractivity contribution in [3.8, 4) is 0 Å². The first-order valence-corrected chi connectivity index (χ1v) is 7.02. The van der Waals surface area contributed by atoms with E-state index in [1.807, 2.05) is 0 Å². The number of hydrogen-bond acceptors (Lipinski definition) is 3. The van der Waals surface area contributed by atoms with Crippen LogP contribution in [0.1, 0.15) is 52.4 Å². The van der Waals surface area contributed by atoms with Gasteiger partial charge in [0.2, 0.25) is 0 Å². The van der Waals surface area contributed by atoms with Crippen LogP contribution < -0.4 is 5.73 Å². The molecule has 4 unspecified atom stereocenters. The van der Waals surface area contributed by atoms with Crippen LogP contribution in [-0.4, -0.2) is 18.1 Å². The molecule has 0 saturated heterocycles. The molecule has 0 aliphatic heterocycles. The van der Waals surface area contributed by atoms with E-state index in [4.69, 9.17) is 10.5 Å². The van der Waals surface area contributed by atoms with E-state index in [-0.39, 0.29) is 24.0 Å². The second-order valence-electron chi connectivity index (χ2n) is 6.18. The predicted octanol–water partition coefficient (Wildman–Crippen LogP) is 2.48. The number of rotatable bonds is 2. The lowest BCUT2D eigenvalue weighted by Gasteiger charge is -2.32. The zero-order chi connectivity index (χ0) is 12.4.